The van der Waals surface area contributed by atoms with Crippen molar-refractivity contribution in [1.82, 2.24) is 29.3 Å². The number of aryl methyl sites for hydroxylation is 1. The summed E-state index contributed by atoms with van der Waals surface area (Å²) in [4.78, 5) is 71.7. The van der Waals surface area contributed by atoms with E-state index in [9.17, 15) is 24.0 Å². The Kier molecular flexibility index (Phi) is 10.1. The summed E-state index contributed by atoms with van der Waals surface area (Å²) in [5.41, 5.74) is -1.50. The van der Waals surface area contributed by atoms with Crippen molar-refractivity contribution in [2.45, 2.75) is 65.3 Å². The number of nitrogens with zero attached hydrogens (tertiary/aromatic N) is 5. The molecule has 2 amide bonds. The first-order valence-corrected chi connectivity index (χ1v) is 14.9. The number of Topliss-reactive ketones (excluding diaryl/α,β-unsaturated/α-hetero) is 1. The Morgan fingerprint density at radius 2 is 1.87 bits per heavy atom. The molecule has 3 heterocycles. The van der Waals surface area contributed by atoms with Crippen LogP contribution in [0, 0.1) is 0 Å². The lowest BCUT2D eigenvalue weighted by Gasteiger charge is -2.34. The first-order chi connectivity index (χ1) is 21.3. The van der Waals surface area contributed by atoms with Crippen molar-refractivity contribution in [2.75, 3.05) is 31.6 Å². The Labute approximate surface area is 260 Å². The van der Waals surface area contributed by atoms with Crippen molar-refractivity contribution in [3.8, 4) is 5.75 Å². The highest BCUT2D eigenvalue weighted by Gasteiger charge is 2.29. The zero-order valence-electron chi connectivity index (χ0n) is 26.6. The fraction of sp³-hybridized carbons (Fsp3) is 0.484. The maximum Gasteiger partial charge on any atom is 0.407 e. The van der Waals surface area contributed by atoms with Crippen LogP contribution in [0.3, 0.4) is 0 Å². The van der Waals surface area contributed by atoms with Crippen LogP contribution in [0.1, 0.15) is 50.9 Å². The van der Waals surface area contributed by atoms with Crippen LogP contribution in [-0.2, 0) is 29.7 Å². The number of carbonyl (C=O) groups excluding carboxylic acids is 3. The van der Waals surface area contributed by atoms with Gasteiger partial charge in [0.2, 0.25) is 5.95 Å². The highest BCUT2D eigenvalue weighted by molar-refractivity contribution is 5.98. The number of carbonyl (C=O) groups is 3. The van der Waals surface area contributed by atoms with Crippen LogP contribution in [-0.4, -0.2) is 74.9 Å². The summed E-state index contributed by atoms with van der Waals surface area (Å²) in [6, 6.07) is 6.13. The molecule has 2 N–H and O–H groups in total. The maximum atomic E-state index is 14.0. The van der Waals surface area contributed by atoms with E-state index in [0.717, 1.165) is 17.4 Å². The molecule has 2 aromatic heterocycles. The second-order valence-corrected chi connectivity index (χ2v) is 11.8. The third kappa shape index (κ3) is 7.62. The van der Waals surface area contributed by atoms with Gasteiger partial charge >= 0.3 is 11.8 Å². The van der Waals surface area contributed by atoms with Crippen molar-refractivity contribution >= 4 is 34.9 Å². The molecule has 4 rings (SSSR count). The highest BCUT2D eigenvalue weighted by Crippen LogP contribution is 2.24. The number of nitrogens with one attached hydrogen (secondary N) is 2. The predicted molar refractivity (Wildman–Crippen MR) is 169 cm³/mol. The first kappa shape index (κ1) is 33.0. The number of ketones is 1. The van der Waals surface area contributed by atoms with Crippen molar-refractivity contribution in [3.63, 3.8) is 0 Å². The lowest BCUT2D eigenvalue weighted by Crippen LogP contribution is -2.49. The van der Waals surface area contributed by atoms with Gasteiger partial charge in [0.25, 0.3) is 11.5 Å². The van der Waals surface area contributed by atoms with Crippen molar-refractivity contribution in [2.24, 2.45) is 7.05 Å². The number of hydrogen-bond donors (Lipinski definition) is 2. The summed E-state index contributed by atoms with van der Waals surface area (Å²) in [6.45, 7) is 7.75. The van der Waals surface area contributed by atoms with E-state index in [1.165, 1.54) is 24.7 Å². The molecule has 0 aliphatic carbocycles. The number of anilines is 1. The number of aromatic nitrogens is 4. The van der Waals surface area contributed by atoms with Crippen LogP contribution in [0.25, 0.3) is 11.2 Å². The molecule has 1 unspecified atom stereocenters. The highest BCUT2D eigenvalue weighted by atomic mass is 16.6. The molecule has 1 aliphatic heterocycles. The Morgan fingerprint density at radius 1 is 1.13 bits per heavy atom. The van der Waals surface area contributed by atoms with E-state index in [2.05, 4.69) is 10.6 Å². The number of amides is 2. The molecule has 242 valence electrons. The van der Waals surface area contributed by atoms with E-state index in [0.29, 0.717) is 25.6 Å². The Morgan fingerprint density at radius 3 is 2.56 bits per heavy atom. The summed E-state index contributed by atoms with van der Waals surface area (Å²) in [7, 11) is 2.98. The number of rotatable bonds is 10. The summed E-state index contributed by atoms with van der Waals surface area (Å²) in [5.74, 6) is -0.272. The quantitative estimate of drug-likeness (QED) is 0.254. The number of ether oxygens (including phenoxy) is 2. The van der Waals surface area contributed by atoms with Crippen LogP contribution in [0.2, 0.25) is 0 Å². The molecule has 1 aliphatic rings. The number of imidazole rings is 1. The third-order valence-electron chi connectivity index (χ3n) is 7.29. The Balaban J connectivity index is 1.71. The number of para-hydroxylation sites is 1. The van der Waals surface area contributed by atoms with Gasteiger partial charge < -0.3 is 29.6 Å². The summed E-state index contributed by atoms with van der Waals surface area (Å²) in [6.07, 6.45) is 4.70. The SMILES string of the molecule is C/C=C/Cn1c(N2CCCC(NC(=O)OC(C)(C)C)C2)nc2c1c(=O)n(CC(=O)c1ccccc1OCC(=O)NC)c(=O)n2C. The molecule has 14 nitrogen and oxygen atoms in total. The minimum atomic E-state index is -0.699. The van der Waals surface area contributed by atoms with Gasteiger partial charge in [-0.3, -0.25) is 23.5 Å². The topological polar surface area (TPSA) is 159 Å². The minimum Gasteiger partial charge on any atom is -0.483 e. The van der Waals surface area contributed by atoms with Crippen LogP contribution >= 0.6 is 0 Å². The van der Waals surface area contributed by atoms with Crippen LogP contribution in [0.4, 0.5) is 10.7 Å². The van der Waals surface area contributed by atoms with Gasteiger partial charge in [0, 0.05) is 39.8 Å². The molecule has 1 atom stereocenters. The molecule has 1 saturated heterocycles. The number of likely N-dealkylation sites (N-methyl/N-ethyl adjacent to an activating group) is 1. The number of allylic oxidation sites excluding steroid dienone is 2. The normalized spacial score (nSPS) is 15.3. The molecule has 1 fully saturated rings. The van der Waals surface area contributed by atoms with E-state index >= 15 is 0 Å². The lowest BCUT2D eigenvalue weighted by molar-refractivity contribution is -0.122. The minimum absolute atomic E-state index is 0.135. The van der Waals surface area contributed by atoms with E-state index in [1.807, 2.05) is 24.0 Å². The Bertz CT molecular complexity index is 1730. The van der Waals surface area contributed by atoms with Crippen LogP contribution < -0.4 is 31.5 Å². The molecule has 14 heteroatoms. The van der Waals surface area contributed by atoms with Gasteiger partial charge in [-0.05, 0) is 52.7 Å². The lowest BCUT2D eigenvalue weighted by atomic mass is 10.1. The molecule has 45 heavy (non-hydrogen) atoms. The number of piperidine rings is 1. The van der Waals surface area contributed by atoms with Gasteiger partial charge in [-0.1, -0.05) is 24.3 Å². The average molecular weight is 624 g/mol. The third-order valence-corrected chi connectivity index (χ3v) is 7.29. The zero-order valence-corrected chi connectivity index (χ0v) is 26.6. The zero-order chi connectivity index (χ0) is 32.9. The molecule has 1 aromatic carbocycles. The maximum absolute atomic E-state index is 14.0. The second-order valence-electron chi connectivity index (χ2n) is 11.8. The summed E-state index contributed by atoms with van der Waals surface area (Å²) < 4.78 is 14.8. The summed E-state index contributed by atoms with van der Waals surface area (Å²) >= 11 is 0. The average Bonchev–Trinajstić information content (AvgIpc) is 3.38. The molecular formula is C31H41N7O7. The largest absolute Gasteiger partial charge is 0.483 e. The fourth-order valence-electron chi connectivity index (χ4n) is 5.14. The predicted octanol–water partition coefficient (Wildman–Crippen LogP) is 1.97. The van der Waals surface area contributed by atoms with Crippen molar-refractivity contribution < 1.29 is 23.9 Å². The second kappa shape index (κ2) is 13.8. The molecule has 0 spiro atoms. The van der Waals surface area contributed by atoms with Gasteiger partial charge in [-0.2, -0.15) is 4.98 Å². The number of fused-ring (bicyclic) bond motifs is 1. The van der Waals surface area contributed by atoms with Gasteiger partial charge in [0.15, 0.2) is 23.6 Å². The monoisotopic (exact) mass is 623 g/mol. The van der Waals surface area contributed by atoms with E-state index < -0.39 is 35.3 Å². The standard InChI is InChI=1S/C31H41N7O7/c1-7-8-16-37-25-26(34-28(37)36-15-11-12-20(17-36)33-29(42)45-31(2,3)4)35(6)30(43)38(27(25)41)18-22(39)21-13-9-10-14-23(21)44-19-24(40)32-5/h7-10,13-14,20H,11-12,15-19H2,1-6H3,(H,32,40)(H,33,42)/b8-7+. The molecule has 3 aromatic rings. The number of benzene rings is 1. The first-order valence-electron chi connectivity index (χ1n) is 14.9. The number of hydrogen-bond acceptors (Lipinski definition) is 9. The Hall–Kier alpha value is -4.88. The molecular weight excluding hydrogens is 582 g/mol. The van der Waals surface area contributed by atoms with Crippen LogP contribution in [0.15, 0.2) is 46.0 Å². The molecule has 0 bridgehead atoms. The smallest absolute Gasteiger partial charge is 0.407 e. The van der Waals surface area contributed by atoms with Crippen molar-refractivity contribution in [1.29, 1.82) is 0 Å². The van der Waals surface area contributed by atoms with E-state index in [4.69, 9.17) is 14.5 Å². The van der Waals surface area contributed by atoms with E-state index in [1.54, 1.807) is 43.5 Å². The van der Waals surface area contributed by atoms with Crippen LogP contribution in [0.5, 0.6) is 5.75 Å². The van der Waals surface area contributed by atoms with E-state index in [-0.39, 0.29) is 41.0 Å². The van der Waals surface area contributed by atoms with Gasteiger partial charge in [-0.25, -0.2) is 9.59 Å². The molecule has 0 saturated carbocycles. The van der Waals surface area contributed by atoms with Gasteiger partial charge in [0.05, 0.1) is 12.1 Å². The van der Waals surface area contributed by atoms with Crippen molar-refractivity contribution in [3.05, 3.63) is 62.8 Å². The number of alkyl carbamates (subject to hydrolysis) is 1. The van der Waals surface area contributed by atoms with Gasteiger partial charge in [-0.15, -0.1) is 0 Å². The molecule has 0 radical (unpaired) electrons. The summed E-state index contributed by atoms with van der Waals surface area (Å²) in [5, 5.41) is 5.37. The van der Waals surface area contributed by atoms with Gasteiger partial charge in [0.1, 0.15) is 11.4 Å². The fourth-order valence-corrected chi connectivity index (χ4v) is 5.14.